The molecule has 2 atom stereocenters. The Balaban J connectivity index is 0.000000683. The molecule has 0 spiro atoms. The van der Waals surface area contributed by atoms with E-state index in [9.17, 15) is 9.90 Å². The molecule has 0 aromatic carbocycles. The fourth-order valence-electron chi connectivity index (χ4n) is 3.18. The molecule has 1 N–H and O–H groups in total. The molecule has 2 nitrogen and oxygen atoms in total. The van der Waals surface area contributed by atoms with Crippen LogP contribution in [0.2, 0.25) is 0 Å². The molecule has 28 heavy (non-hydrogen) atoms. The Labute approximate surface area is 176 Å². The molecular weight excluding hydrogens is 368 g/mol. The first kappa shape index (κ1) is 25.9. The van der Waals surface area contributed by atoms with E-state index in [0.717, 1.165) is 36.0 Å². The van der Waals surface area contributed by atoms with Crippen molar-refractivity contribution in [2.75, 3.05) is 0 Å². The Kier molecular flexibility index (Phi) is 12.2. The second-order valence-electron chi connectivity index (χ2n) is 7.28. The van der Waals surface area contributed by atoms with Crippen LogP contribution in [0, 0.1) is 11.8 Å². The van der Waals surface area contributed by atoms with E-state index in [2.05, 4.69) is 19.7 Å². The van der Waals surface area contributed by atoms with Crippen molar-refractivity contribution in [3.05, 3.63) is 83.2 Å². The molecule has 2 aliphatic rings. The lowest BCUT2D eigenvalue weighted by atomic mass is 9.82. The molecule has 0 amide bonds. The fourth-order valence-corrected chi connectivity index (χ4v) is 3.31. The van der Waals surface area contributed by atoms with Gasteiger partial charge in [-0.05, 0) is 65.5 Å². The molecule has 1 fully saturated rings. The van der Waals surface area contributed by atoms with Gasteiger partial charge < -0.3 is 5.11 Å². The molecule has 0 aromatic rings. The second-order valence-corrected chi connectivity index (χ2v) is 7.77. The summed E-state index contributed by atoms with van der Waals surface area (Å²) in [6, 6.07) is 0. The second kappa shape index (κ2) is 13.2. The molecule has 154 valence electrons. The van der Waals surface area contributed by atoms with E-state index in [1.54, 1.807) is 12.2 Å². The van der Waals surface area contributed by atoms with Crippen LogP contribution in [0.3, 0.4) is 0 Å². The molecule has 1 saturated carbocycles. The van der Waals surface area contributed by atoms with Crippen LogP contribution < -0.4 is 0 Å². The largest absolute Gasteiger partial charge is 0.511 e. The molecule has 3 heteroatoms. The van der Waals surface area contributed by atoms with Gasteiger partial charge in [0.15, 0.2) is 5.78 Å². The number of ketones is 1. The topological polar surface area (TPSA) is 37.3 Å². The highest BCUT2D eigenvalue weighted by Crippen LogP contribution is 2.44. The van der Waals surface area contributed by atoms with Gasteiger partial charge in [0.2, 0.25) is 0 Å². The molecule has 0 radical (unpaired) electrons. The van der Waals surface area contributed by atoms with E-state index in [-0.39, 0.29) is 17.6 Å². The van der Waals surface area contributed by atoms with Gasteiger partial charge in [-0.15, -0.1) is 6.58 Å². The van der Waals surface area contributed by atoms with Crippen LogP contribution >= 0.6 is 11.6 Å². The Morgan fingerprint density at radius 1 is 1.07 bits per heavy atom. The van der Waals surface area contributed by atoms with Crippen molar-refractivity contribution in [2.45, 2.75) is 53.9 Å². The third-order valence-corrected chi connectivity index (χ3v) is 4.51. The van der Waals surface area contributed by atoms with Crippen LogP contribution in [0.25, 0.3) is 0 Å². The van der Waals surface area contributed by atoms with Crippen LogP contribution in [0.4, 0.5) is 0 Å². The number of hydrogen-bond donors (Lipinski definition) is 1. The van der Waals surface area contributed by atoms with Crippen molar-refractivity contribution >= 4 is 17.4 Å². The van der Waals surface area contributed by atoms with E-state index in [0.29, 0.717) is 16.4 Å². The molecule has 2 bridgehead atoms. The van der Waals surface area contributed by atoms with E-state index in [1.165, 1.54) is 0 Å². The number of aliphatic hydroxyl groups excluding tert-OH is 1. The zero-order valence-electron chi connectivity index (χ0n) is 18.0. The Morgan fingerprint density at radius 3 is 2.00 bits per heavy atom. The third kappa shape index (κ3) is 8.31. The average Bonchev–Trinajstić information content (AvgIpc) is 3.04. The van der Waals surface area contributed by atoms with Crippen molar-refractivity contribution in [3.8, 4) is 0 Å². The van der Waals surface area contributed by atoms with Crippen LogP contribution in [-0.4, -0.2) is 10.9 Å². The quantitative estimate of drug-likeness (QED) is 0.385. The van der Waals surface area contributed by atoms with Gasteiger partial charge >= 0.3 is 0 Å². The highest BCUT2D eigenvalue weighted by Gasteiger charge is 2.41. The monoisotopic (exact) mass is 402 g/mol. The molecule has 2 rings (SSSR count). The van der Waals surface area contributed by atoms with Crippen molar-refractivity contribution < 1.29 is 9.90 Å². The zero-order chi connectivity index (χ0) is 21.9. The zero-order valence-corrected chi connectivity index (χ0v) is 18.8. The van der Waals surface area contributed by atoms with Crippen molar-refractivity contribution in [2.24, 2.45) is 11.8 Å². The molecular formula is C25H35ClO2. The van der Waals surface area contributed by atoms with Crippen LogP contribution in [0.5, 0.6) is 0 Å². The predicted octanol–water partition coefficient (Wildman–Crippen LogP) is 7.77. The molecule has 0 aromatic heterocycles. The van der Waals surface area contributed by atoms with Gasteiger partial charge in [-0.25, -0.2) is 0 Å². The Bertz CT molecular complexity index is 713. The van der Waals surface area contributed by atoms with Gasteiger partial charge in [-0.3, -0.25) is 4.79 Å². The summed E-state index contributed by atoms with van der Waals surface area (Å²) in [4.78, 5) is 12.5. The molecule has 0 heterocycles. The number of rotatable bonds is 4. The number of fused-ring (bicyclic) bond motifs is 2. The van der Waals surface area contributed by atoms with Gasteiger partial charge in [0, 0.05) is 16.9 Å². The van der Waals surface area contributed by atoms with Crippen molar-refractivity contribution in [1.29, 1.82) is 0 Å². The van der Waals surface area contributed by atoms with E-state index >= 15 is 0 Å². The lowest BCUT2D eigenvalue weighted by Gasteiger charge is -2.23. The first-order valence-electron chi connectivity index (χ1n) is 9.63. The van der Waals surface area contributed by atoms with Gasteiger partial charge in [0.1, 0.15) is 5.76 Å². The number of Topliss-reactive ketones (excluding diaryl/α,β-unsaturated/α-hetero) is 1. The van der Waals surface area contributed by atoms with Crippen molar-refractivity contribution in [1.82, 2.24) is 0 Å². The maximum absolute atomic E-state index is 12.5. The standard InChI is InChI=1S/C17H22O2.C5H7Cl.C3H6/c1-10(2)5-8-14(11(3)4)15-16(18)12-6-7-13(9-12)17(15)19;1-3-4-5(2)6;1-3-2/h5,8,12-13,18H,1,6-7,9H2,2-4H3;3-4H,2H2,1H3;3H,1H2,2H3/b8-5-;4-3-;. The highest BCUT2D eigenvalue weighted by atomic mass is 35.5. The number of carbonyl (C=O) groups excluding carboxylic acids is 1. The van der Waals surface area contributed by atoms with E-state index in [4.69, 9.17) is 11.6 Å². The van der Waals surface area contributed by atoms with Crippen molar-refractivity contribution in [3.63, 3.8) is 0 Å². The normalized spacial score (nSPS) is 20.3. The summed E-state index contributed by atoms with van der Waals surface area (Å²) in [5, 5.41) is 11.0. The number of allylic oxidation sites excluding steroid dienone is 11. The minimum atomic E-state index is 0.114. The van der Waals surface area contributed by atoms with Gasteiger partial charge in [-0.2, -0.15) is 0 Å². The molecule has 0 saturated heterocycles. The lowest BCUT2D eigenvalue weighted by molar-refractivity contribution is -0.119. The Morgan fingerprint density at radius 2 is 1.61 bits per heavy atom. The van der Waals surface area contributed by atoms with Gasteiger partial charge in [-0.1, -0.05) is 60.2 Å². The van der Waals surface area contributed by atoms with Crippen LogP contribution in [0.15, 0.2) is 83.2 Å². The fraction of sp³-hybridized carbons (Fsp3) is 0.400. The predicted molar refractivity (Wildman–Crippen MR) is 123 cm³/mol. The average molecular weight is 403 g/mol. The summed E-state index contributed by atoms with van der Waals surface area (Å²) in [7, 11) is 0. The maximum atomic E-state index is 12.5. The van der Waals surface area contributed by atoms with E-state index < -0.39 is 0 Å². The summed E-state index contributed by atoms with van der Waals surface area (Å²) in [6.45, 7) is 20.3. The van der Waals surface area contributed by atoms with Crippen LogP contribution in [-0.2, 0) is 4.79 Å². The highest BCUT2D eigenvalue weighted by molar-refractivity contribution is 6.30. The third-order valence-electron chi connectivity index (χ3n) is 4.38. The minimum absolute atomic E-state index is 0.114. The first-order valence-corrected chi connectivity index (χ1v) is 10.0. The maximum Gasteiger partial charge on any atom is 0.169 e. The Hall–Kier alpha value is -2.06. The summed E-state index contributed by atoms with van der Waals surface area (Å²) in [5.74, 6) is 0.726. The summed E-state index contributed by atoms with van der Waals surface area (Å²) in [6.07, 6.45) is 11.8. The number of aliphatic hydroxyl groups is 1. The number of hydrogen-bond acceptors (Lipinski definition) is 2. The van der Waals surface area contributed by atoms with Gasteiger partial charge in [0.05, 0.1) is 5.57 Å². The minimum Gasteiger partial charge on any atom is -0.511 e. The number of carbonyl (C=O) groups is 1. The summed E-state index contributed by atoms with van der Waals surface area (Å²) >= 11 is 5.30. The van der Waals surface area contributed by atoms with Gasteiger partial charge in [0.25, 0.3) is 0 Å². The van der Waals surface area contributed by atoms with E-state index in [1.807, 2.05) is 52.8 Å². The molecule has 2 aliphatic carbocycles. The molecule has 2 unspecified atom stereocenters. The SMILES string of the molecule is C=C(C)/C=C\C(=C(C)C)C1=C(O)C2CCC(C2)C1=O.C=C(Cl)/C=C\C.C=CC. The van der Waals surface area contributed by atoms with Crippen LogP contribution in [0.1, 0.15) is 53.9 Å². The summed E-state index contributed by atoms with van der Waals surface area (Å²) < 4.78 is 0. The lowest BCUT2D eigenvalue weighted by Crippen LogP contribution is -2.23. The number of halogens is 1. The first-order chi connectivity index (χ1) is 13.1. The summed E-state index contributed by atoms with van der Waals surface area (Å²) in [5.41, 5.74) is 3.40. The molecule has 0 aliphatic heterocycles. The smallest absolute Gasteiger partial charge is 0.169 e.